The van der Waals surface area contributed by atoms with Crippen molar-refractivity contribution >= 4 is 5.78 Å². The van der Waals surface area contributed by atoms with Gasteiger partial charge in [0.25, 0.3) is 0 Å². The van der Waals surface area contributed by atoms with Crippen LogP contribution in [-0.2, 0) is 4.79 Å². The van der Waals surface area contributed by atoms with Crippen LogP contribution in [0.2, 0.25) is 0 Å². The normalized spacial score (nSPS) is 46.8. The van der Waals surface area contributed by atoms with Crippen molar-refractivity contribution in [3.05, 3.63) is 0 Å². The second-order valence-corrected chi connectivity index (χ2v) is 12.4. The largest absolute Gasteiger partial charge is 0.299 e. The number of carbonyl (C=O) groups excluding carboxylic acids is 1. The zero-order valence-electron chi connectivity index (χ0n) is 19.4. The molecule has 0 aromatic heterocycles. The molecule has 0 aliphatic heterocycles. The van der Waals surface area contributed by atoms with E-state index in [-0.39, 0.29) is 0 Å². The van der Waals surface area contributed by atoms with Gasteiger partial charge in [0.05, 0.1) is 0 Å². The third-order valence-electron chi connectivity index (χ3n) is 10.6. The van der Waals surface area contributed by atoms with Crippen LogP contribution in [0.3, 0.4) is 0 Å². The molecular formula is C27H46O. The van der Waals surface area contributed by atoms with E-state index in [2.05, 4.69) is 34.6 Å². The Hall–Kier alpha value is -0.330. The minimum absolute atomic E-state index is 0.334. The lowest BCUT2D eigenvalue weighted by Crippen LogP contribution is -2.54. The number of carbonyl (C=O) groups is 1. The summed E-state index contributed by atoms with van der Waals surface area (Å²) in [6.45, 7) is 12.5. The van der Waals surface area contributed by atoms with Gasteiger partial charge in [-0.2, -0.15) is 0 Å². The lowest BCUT2D eigenvalue weighted by atomic mass is 9.44. The molecule has 8 atom stereocenters. The Labute approximate surface area is 174 Å². The first kappa shape index (κ1) is 20.9. The number of hydrogen-bond acceptors (Lipinski definition) is 1. The minimum atomic E-state index is 0.334. The van der Waals surface area contributed by atoms with Crippen LogP contribution in [0.4, 0.5) is 0 Å². The van der Waals surface area contributed by atoms with Crippen molar-refractivity contribution in [3.63, 3.8) is 0 Å². The van der Waals surface area contributed by atoms with Gasteiger partial charge >= 0.3 is 0 Å². The van der Waals surface area contributed by atoms with E-state index in [0.29, 0.717) is 22.5 Å². The molecule has 4 fully saturated rings. The lowest BCUT2D eigenvalue weighted by Gasteiger charge is -2.60. The van der Waals surface area contributed by atoms with Crippen molar-refractivity contribution in [3.8, 4) is 0 Å². The van der Waals surface area contributed by atoms with Gasteiger partial charge in [0.2, 0.25) is 0 Å². The fraction of sp³-hybridized carbons (Fsp3) is 0.963. The van der Waals surface area contributed by atoms with E-state index in [4.69, 9.17) is 0 Å². The molecule has 0 aromatic rings. The second kappa shape index (κ2) is 7.73. The minimum Gasteiger partial charge on any atom is -0.299 e. The first-order chi connectivity index (χ1) is 13.3. The van der Waals surface area contributed by atoms with E-state index in [0.717, 1.165) is 48.3 Å². The van der Waals surface area contributed by atoms with E-state index in [1.54, 1.807) is 0 Å². The Balaban J connectivity index is 1.48. The van der Waals surface area contributed by atoms with E-state index >= 15 is 0 Å². The number of hydrogen-bond donors (Lipinski definition) is 0. The maximum Gasteiger partial charge on any atom is 0.136 e. The fourth-order valence-electron chi connectivity index (χ4n) is 9.19. The molecule has 4 saturated carbocycles. The fourth-order valence-corrected chi connectivity index (χ4v) is 9.19. The summed E-state index contributed by atoms with van der Waals surface area (Å²) in [5.41, 5.74) is 0.917. The zero-order valence-corrected chi connectivity index (χ0v) is 19.4. The van der Waals surface area contributed by atoms with Crippen molar-refractivity contribution in [1.29, 1.82) is 0 Å². The summed E-state index contributed by atoms with van der Waals surface area (Å²) >= 11 is 0. The summed E-state index contributed by atoms with van der Waals surface area (Å²) in [6.07, 6.45) is 16.0. The van der Waals surface area contributed by atoms with Crippen molar-refractivity contribution in [2.75, 3.05) is 0 Å². The van der Waals surface area contributed by atoms with E-state index < -0.39 is 0 Å². The van der Waals surface area contributed by atoms with E-state index in [9.17, 15) is 4.79 Å². The second-order valence-electron chi connectivity index (χ2n) is 12.4. The van der Waals surface area contributed by atoms with Gasteiger partial charge in [-0.05, 0) is 97.7 Å². The molecule has 0 bridgehead atoms. The molecule has 0 saturated heterocycles. The number of fused-ring (bicyclic) bond motifs is 5. The molecule has 0 N–H and O–H groups in total. The van der Waals surface area contributed by atoms with Gasteiger partial charge in [0, 0.05) is 12.3 Å². The molecule has 0 aromatic carbocycles. The number of ketones is 1. The van der Waals surface area contributed by atoms with Crippen LogP contribution in [-0.4, -0.2) is 5.78 Å². The summed E-state index contributed by atoms with van der Waals surface area (Å²) in [7, 11) is 0. The van der Waals surface area contributed by atoms with Gasteiger partial charge < -0.3 is 0 Å². The molecule has 4 rings (SSSR count). The standard InChI is InChI=1S/C27H46O/c1-18(2)8-6-9-19(3)21-13-14-22-20-11-12-24-25(28)10-7-16-26(24,4)23(20)15-17-27(21,22)5/h18-24H,6-17H2,1-5H3/t19-,20+,21+,22-,23-,24+,26-,27-/m1/s1. The molecule has 0 spiro atoms. The van der Waals surface area contributed by atoms with Gasteiger partial charge in [0.15, 0.2) is 0 Å². The number of Topliss-reactive ketones (excluding diaryl/α,β-unsaturated/α-hetero) is 1. The third-order valence-corrected chi connectivity index (χ3v) is 10.6. The van der Waals surface area contributed by atoms with Crippen LogP contribution >= 0.6 is 0 Å². The highest BCUT2D eigenvalue weighted by atomic mass is 16.1. The van der Waals surface area contributed by atoms with Gasteiger partial charge in [-0.3, -0.25) is 4.79 Å². The topological polar surface area (TPSA) is 17.1 Å². The maximum atomic E-state index is 12.7. The molecule has 0 unspecified atom stereocenters. The molecular weight excluding hydrogens is 340 g/mol. The average Bonchev–Trinajstić information content (AvgIpc) is 2.98. The molecule has 4 aliphatic rings. The molecule has 160 valence electrons. The Kier molecular flexibility index (Phi) is 5.78. The zero-order chi connectivity index (χ0) is 20.1. The van der Waals surface area contributed by atoms with Gasteiger partial charge in [-0.1, -0.05) is 53.9 Å². The molecule has 0 heterocycles. The molecule has 0 radical (unpaired) electrons. The Morgan fingerprint density at radius 1 is 0.893 bits per heavy atom. The van der Waals surface area contributed by atoms with E-state index in [1.807, 2.05) is 0 Å². The molecule has 1 heteroatoms. The highest BCUT2D eigenvalue weighted by molar-refractivity contribution is 5.82. The molecule has 1 nitrogen and oxygen atoms in total. The predicted molar refractivity (Wildman–Crippen MR) is 118 cm³/mol. The highest BCUT2D eigenvalue weighted by Crippen LogP contribution is 2.68. The summed E-state index contributed by atoms with van der Waals surface area (Å²) in [6, 6.07) is 0. The highest BCUT2D eigenvalue weighted by Gasteiger charge is 2.61. The Morgan fingerprint density at radius 3 is 2.39 bits per heavy atom. The molecule has 4 aliphatic carbocycles. The SMILES string of the molecule is CC(C)CCC[C@@H](C)[C@@H]1CC[C@@H]2[C@@H]3CC[C@H]4C(=O)CCC[C@]4(C)[C@@H]3CC[C@@]21C. The Bertz CT molecular complexity index is 579. The smallest absolute Gasteiger partial charge is 0.136 e. The van der Waals surface area contributed by atoms with Crippen molar-refractivity contribution < 1.29 is 4.79 Å². The number of rotatable bonds is 5. The van der Waals surface area contributed by atoms with Crippen molar-refractivity contribution in [2.45, 2.75) is 112 Å². The van der Waals surface area contributed by atoms with Gasteiger partial charge in [0.1, 0.15) is 5.78 Å². The predicted octanol–water partition coefficient (Wildman–Crippen LogP) is 7.68. The van der Waals surface area contributed by atoms with Crippen molar-refractivity contribution in [1.82, 2.24) is 0 Å². The summed E-state index contributed by atoms with van der Waals surface area (Å²) in [4.78, 5) is 12.7. The quantitative estimate of drug-likeness (QED) is 0.473. The van der Waals surface area contributed by atoms with E-state index in [1.165, 1.54) is 64.2 Å². The third kappa shape index (κ3) is 3.31. The monoisotopic (exact) mass is 386 g/mol. The summed E-state index contributed by atoms with van der Waals surface area (Å²) in [5, 5.41) is 0. The average molecular weight is 387 g/mol. The van der Waals surface area contributed by atoms with Crippen LogP contribution in [0.25, 0.3) is 0 Å². The van der Waals surface area contributed by atoms with Crippen LogP contribution < -0.4 is 0 Å². The van der Waals surface area contributed by atoms with Crippen molar-refractivity contribution in [2.24, 2.45) is 52.3 Å². The summed E-state index contributed by atoms with van der Waals surface area (Å²) in [5.74, 6) is 6.41. The molecule has 28 heavy (non-hydrogen) atoms. The van der Waals surface area contributed by atoms with Crippen LogP contribution in [0.5, 0.6) is 0 Å². The summed E-state index contributed by atoms with van der Waals surface area (Å²) < 4.78 is 0. The Morgan fingerprint density at radius 2 is 1.64 bits per heavy atom. The van der Waals surface area contributed by atoms with Crippen LogP contribution in [0.1, 0.15) is 112 Å². The van der Waals surface area contributed by atoms with Crippen LogP contribution in [0.15, 0.2) is 0 Å². The van der Waals surface area contributed by atoms with Gasteiger partial charge in [-0.15, -0.1) is 0 Å². The first-order valence-electron chi connectivity index (χ1n) is 12.8. The van der Waals surface area contributed by atoms with Crippen LogP contribution in [0, 0.1) is 52.3 Å². The van der Waals surface area contributed by atoms with Gasteiger partial charge in [-0.25, -0.2) is 0 Å². The lowest BCUT2D eigenvalue weighted by molar-refractivity contribution is -0.149. The molecule has 0 amide bonds. The first-order valence-corrected chi connectivity index (χ1v) is 12.8. The maximum absolute atomic E-state index is 12.7.